The van der Waals surface area contributed by atoms with Crippen LogP contribution in [-0.2, 0) is 12.8 Å². The molecule has 150 valence electrons. The summed E-state index contributed by atoms with van der Waals surface area (Å²) < 4.78 is 2.17. The van der Waals surface area contributed by atoms with Gasteiger partial charge in [0.1, 0.15) is 5.82 Å². The highest BCUT2D eigenvalue weighted by Crippen LogP contribution is 2.29. The van der Waals surface area contributed by atoms with E-state index in [-0.39, 0.29) is 0 Å². The Bertz CT molecular complexity index is 986. The highest BCUT2D eigenvalue weighted by atomic mass is 16.4. The van der Waals surface area contributed by atoms with Crippen LogP contribution < -0.4 is 0 Å². The van der Waals surface area contributed by atoms with E-state index in [1.165, 1.54) is 32.1 Å². The van der Waals surface area contributed by atoms with Crippen LogP contribution >= 0.6 is 0 Å². The first kappa shape index (κ1) is 19.4. The van der Waals surface area contributed by atoms with Crippen LogP contribution in [0.25, 0.3) is 11.1 Å². The van der Waals surface area contributed by atoms with Crippen molar-refractivity contribution in [1.29, 1.82) is 0 Å². The molecule has 0 unspecified atom stereocenters. The minimum Gasteiger partial charge on any atom is -0.478 e. The quantitative estimate of drug-likeness (QED) is 0.621. The lowest BCUT2D eigenvalue weighted by Crippen LogP contribution is -2.17. The average Bonchev–Trinajstić information content (AvgIpc) is 3.18. The Hall–Kier alpha value is -2.95. The maximum absolute atomic E-state index is 11.5. The molecule has 5 nitrogen and oxygen atoms in total. The molecule has 1 saturated carbocycles. The van der Waals surface area contributed by atoms with E-state index >= 15 is 0 Å². The molecule has 1 aliphatic carbocycles. The van der Waals surface area contributed by atoms with E-state index < -0.39 is 5.97 Å². The van der Waals surface area contributed by atoms with E-state index in [1.54, 1.807) is 12.1 Å². The second kappa shape index (κ2) is 8.60. The van der Waals surface area contributed by atoms with Gasteiger partial charge in [-0.15, -0.1) is 0 Å². The first-order chi connectivity index (χ1) is 14.2. The topological polar surface area (TPSA) is 68.0 Å². The fraction of sp³-hybridized carbons (Fsp3) is 0.375. The number of nitrogens with zero attached hydrogens (tertiary/aromatic N) is 3. The number of benzene rings is 2. The second-order valence-corrected chi connectivity index (χ2v) is 7.76. The summed E-state index contributed by atoms with van der Waals surface area (Å²) in [6.07, 6.45) is 7.81. The Morgan fingerprint density at radius 3 is 2.48 bits per heavy atom. The molecule has 3 aromatic rings. The predicted octanol–water partition coefficient (Wildman–Crippen LogP) is 5.30. The van der Waals surface area contributed by atoms with Gasteiger partial charge in [-0.05, 0) is 35.6 Å². The van der Waals surface area contributed by atoms with Crippen LogP contribution in [0.2, 0.25) is 0 Å². The van der Waals surface area contributed by atoms with Crippen LogP contribution in [0.4, 0.5) is 0 Å². The van der Waals surface area contributed by atoms with Gasteiger partial charge in [-0.1, -0.05) is 68.7 Å². The molecule has 1 aliphatic rings. The van der Waals surface area contributed by atoms with Gasteiger partial charge in [-0.3, -0.25) is 0 Å². The van der Waals surface area contributed by atoms with Crippen molar-refractivity contribution in [2.75, 3.05) is 0 Å². The number of hydrogen-bond donors (Lipinski definition) is 1. The highest BCUT2D eigenvalue weighted by molar-refractivity contribution is 5.95. The normalized spacial score (nSPS) is 14.8. The summed E-state index contributed by atoms with van der Waals surface area (Å²) >= 11 is 0. The average molecular weight is 389 g/mol. The monoisotopic (exact) mass is 389 g/mol. The summed E-state index contributed by atoms with van der Waals surface area (Å²) in [6.45, 7) is 2.10. The number of carbonyl (C=O) groups is 1. The van der Waals surface area contributed by atoms with Gasteiger partial charge >= 0.3 is 5.97 Å². The number of rotatable bonds is 6. The van der Waals surface area contributed by atoms with Gasteiger partial charge in [0.05, 0.1) is 11.6 Å². The Morgan fingerprint density at radius 1 is 1.07 bits per heavy atom. The summed E-state index contributed by atoms with van der Waals surface area (Å²) in [5.41, 5.74) is 3.14. The molecule has 0 radical (unpaired) electrons. The Balaban J connectivity index is 1.58. The van der Waals surface area contributed by atoms with Crippen molar-refractivity contribution in [3.05, 3.63) is 71.3 Å². The van der Waals surface area contributed by atoms with Crippen LogP contribution in [0, 0.1) is 0 Å². The minimum atomic E-state index is -0.905. The molecule has 5 heteroatoms. The maximum atomic E-state index is 11.5. The van der Waals surface area contributed by atoms with E-state index in [1.807, 2.05) is 24.3 Å². The summed E-state index contributed by atoms with van der Waals surface area (Å²) in [6, 6.07) is 15.7. The lowest BCUT2D eigenvalue weighted by Gasteiger charge is -2.23. The molecule has 0 spiro atoms. The molecule has 0 saturated heterocycles. The summed E-state index contributed by atoms with van der Waals surface area (Å²) in [7, 11) is 0. The SMILES string of the molecule is CCc1nc(Cc2ccc(-c3ccccc3C(=O)O)cc2)n(C2CCCCC2)n1. The molecule has 4 rings (SSSR count). The zero-order valence-corrected chi connectivity index (χ0v) is 16.8. The lowest BCUT2D eigenvalue weighted by molar-refractivity contribution is 0.0697. The number of aromatic carboxylic acids is 1. The van der Waals surface area contributed by atoms with Gasteiger partial charge in [0.15, 0.2) is 5.82 Å². The third kappa shape index (κ3) is 4.24. The lowest BCUT2D eigenvalue weighted by atomic mass is 9.95. The second-order valence-electron chi connectivity index (χ2n) is 7.76. The summed E-state index contributed by atoms with van der Waals surface area (Å²) in [5, 5.41) is 14.2. The van der Waals surface area contributed by atoms with Gasteiger partial charge in [-0.25, -0.2) is 14.5 Å². The van der Waals surface area contributed by atoms with E-state index in [0.717, 1.165) is 41.2 Å². The fourth-order valence-electron chi connectivity index (χ4n) is 4.20. The van der Waals surface area contributed by atoms with Gasteiger partial charge in [0.25, 0.3) is 0 Å². The van der Waals surface area contributed by atoms with E-state index in [0.29, 0.717) is 11.6 Å². The number of hydrogen-bond acceptors (Lipinski definition) is 3. The zero-order chi connectivity index (χ0) is 20.2. The van der Waals surface area contributed by atoms with Crippen LogP contribution in [0.15, 0.2) is 48.5 Å². The van der Waals surface area contributed by atoms with Crippen LogP contribution in [0.1, 0.15) is 72.6 Å². The van der Waals surface area contributed by atoms with Gasteiger partial charge in [0.2, 0.25) is 0 Å². The molecule has 0 amide bonds. The first-order valence-electron chi connectivity index (χ1n) is 10.5. The largest absolute Gasteiger partial charge is 0.478 e. The van der Waals surface area contributed by atoms with Crippen LogP contribution in [0.3, 0.4) is 0 Å². The van der Waals surface area contributed by atoms with E-state index in [4.69, 9.17) is 10.1 Å². The molecule has 0 atom stereocenters. The Morgan fingerprint density at radius 2 is 1.79 bits per heavy atom. The Kier molecular flexibility index (Phi) is 5.74. The zero-order valence-electron chi connectivity index (χ0n) is 16.8. The smallest absolute Gasteiger partial charge is 0.336 e. The van der Waals surface area contributed by atoms with E-state index in [9.17, 15) is 9.90 Å². The standard InChI is InChI=1S/C24H27N3O2/c1-2-22-25-23(27(26-22)19-8-4-3-5-9-19)16-17-12-14-18(15-13-17)20-10-6-7-11-21(20)24(28)29/h6-7,10-15,19H,2-5,8-9,16H2,1H3,(H,28,29). The fourth-order valence-corrected chi connectivity index (χ4v) is 4.20. The van der Waals surface area contributed by atoms with Crippen molar-refractivity contribution < 1.29 is 9.90 Å². The molecule has 1 fully saturated rings. The van der Waals surface area contributed by atoms with Crippen molar-refractivity contribution >= 4 is 5.97 Å². The van der Waals surface area contributed by atoms with Crippen LogP contribution in [0.5, 0.6) is 0 Å². The number of carboxylic acid groups (broad SMARTS) is 1. The molecule has 29 heavy (non-hydrogen) atoms. The van der Waals surface area contributed by atoms with Crippen molar-refractivity contribution in [3.63, 3.8) is 0 Å². The van der Waals surface area contributed by atoms with Gasteiger partial charge in [0, 0.05) is 12.8 Å². The molecule has 1 aromatic heterocycles. The third-order valence-electron chi connectivity index (χ3n) is 5.77. The van der Waals surface area contributed by atoms with Crippen molar-refractivity contribution in [2.24, 2.45) is 0 Å². The summed E-state index contributed by atoms with van der Waals surface area (Å²) in [4.78, 5) is 16.3. The number of aromatic nitrogens is 3. The Labute approximate surface area is 171 Å². The number of aryl methyl sites for hydroxylation is 1. The maximum Gasteiger partial charge on any atom is 0.336 e. The molecule has 1 heterocycles. The van der Waals surface area contributed by atoms with Crippen molar-refractivity contribution in [2.45, 2.75) is 57.9 Å². The number of carboxylic acids is 1. The van der Waals surface area contributed by atoms with Gasteiger partial charge in [-0.2, -0.15) is 5.10 Å². The molecule has 2 aromatic carbocycles. The van der Waals surface area contributed by atoms with Gasteiger partial charge < -0.3 is 5.11 Å². The molecule has 0 aliphatic heterocycles. The van der Waals surface area contributed by atoms with Crippen molar-refractivity contribution in [3.8, 4) is 11.1 Å². The summed E-state index contributed by atoms with van der Waals surface area (Å²) in [5.74, 6) is 1.04. The third-order valence-corrected chi connectivity index (χ3v) is 5.77. The first-order valence-corrected chi connectivity index (χ1v) is 10.5. The molecular formula is C24H27N3O2. The minimum absolute atomic E-state index is 0.324. The van der Waals surface area contributed by atoms with E-state index in [2.05, 4.69) is 23.7 Å². The van der Waals surface area contributed by atoms with Crippen LogP contribution in [-0.4, -0.2) is 25.8 Å². The highest BCUT2D eigenvalue weighted by Gasteiger charge is 2.21. The van der Waals surface area contributed by atoms with Crippen molar-refractivity contribution in [1.82, 2.24) is 14.8 Å². The molecule has 1 N–H and O–H groups in total. The molecule has 0 bridgehead atoms. The molecular weight excluding hydrogens is 362 g/mol. The predicted molar refractivity (Wildman–Crippen MR) is 113 cm³/mol.